The topological polar surface area (TPSA) is 59.0 Å². The molecule has 0 bridgehead atoms. The number of nitrogens with zero attached hydrogens (tertiary/aromatic N) is 2. The number of hydrogen-bond acceptors (Lipinski definition) is 3. The van der Waals surface area contributed by atoms with Crippen LogP contribution < -0.4 is 10.6 Å². The zero-order valence-corrected chi connectivity index (χ0v) is 13.4. The Morgan fingerprint density at radius 1 is 1.26 bits per heavy atom. The normalized spacial score (nSPS) is 15.6. The minimum absolute atomic E-state index is 0.0831. The summed E-state index contributed by atoms with van der Waals surface area (Å²) in [5.41, 5.74) is 2.79. The van der Waals surface area contributed by atoms with Gasteiger partial charge in [-0.3, -0.25) is 4.79 Å². The molecule has 1 aromatic heterocycles. The molecule has 2 N–H and O–H groups in total. The standard InChI is InChI=1S/C17H21FN4O/c1-11-16(17(23)20-14-7-9-19-10-8-14)12(2)22(21-11)15-5-3-13(18)4-6-15/h3-6,14,19H,7-10H2,1-2H3,(H,20,23). The average molecular weight is 316 g/mol. The molecule has 1 fully saturated rings. The molecule has 1 aliphatic heterocycles. The predicted molar refractivity (Wildman–Crippen MR) is 86.4 cm³/mol. The van der Waals surface area contributed by atoms with Crippen molar-refractivity contribution in [2.75, 3.05) is 13.1 Å². The van der Waals surface area contributed by atoms with E-state index in [9.17, 15) is 9.18 Å². The number of carbonyl (C=O) groups excluding carboxylic acids is 1. The summed E-state index contributed by atoms with van der Waals surface area (Å²) < 4.78 is 14.8. The molecule has 3 rings (SSSR count). The van der Waals surface area contributed by atoms with Crippen LogP contribution in [0, 0.1) is 19.7 Å². The van der Waals surface area contributed by atoms with Gasteiger partial charge in [-0.25, -0.2) is 9.07 Å². The van der Waals surface area contributed by atoms with E-state index in [0.29, 0.717) is 11.3 Å². The lowest BCUT2D eigenvalue weighted by molar-refractivity contribution is 0.0928. The Hall–Kier alpha value is -2.21. The van der Waals surface area contributed by atoms with Crippen LogP contribution in [0.3, 0.4) is 0 Å². The van der Waals surface area contributed by atoms with Gasteiger partial charge in [0.2, 0.25) is 0 Å². The van der Waals surface area contributed by atoms with Crippen LogP contribution in [0.2, 0.25) is 0 Å². The summed E-state index contributed by atoms with van der Waals surface area (Å²) in [4.78, 5) is 12.6. The summed E-state index contributed by atoms with van der Waals surface area (Å²) in [5.74, 6) is -0.376. The fraction of sp³-hybridized carbons (Fsp3) is 0.412. The van der Waals surface area contributed by atoms with Crippen LogP contribution in [0.1, 0.15) is 34.6 Å². The number of aryl methyl sites for hydroxylation is 1. The molecule has 0 atom stereocenters. The number of amides is 1. The highest BCUT2D eigenvalue weighted by Gasteiger charge is 2.22. The molecule has 122 valence electrons. The summed E-state index contributed by atoms with van der Waals surface area (Å²) in [6.45, 7) is 5.54. The Morgan fingerprint density at radius 2 is 1.91 bits per heavy atom. The Balaban J connectivity index is 1.85. The van der Waals surface area contributed by atoms with Crippen molar-refractivity contribution in [3.63, 3.8) is 0 Å². The number of piperidine rings is 1. The summed E-state index contributed by atoms with van der Waals surface area (Å²) in [6, 6.07) is 6.30. The molecule has 0 radical (unpaired) electrons. The minimum atomic E-state index is -0.292. The zero-order valence-electron chi connectivity index (χ0n) is 13.4. The minimum Gasteiger partial charge on any atom is -0.349 e. The molecule has 0 saturated carbocycles. The molecule has 5 nitrogen and oxygen atoms in total. The quantitative estimate of drug-likeness (QED) is 0.912. The molecule has 1 aliphatic rings. The van der Waals surface area contributed by atoms with Crippen LogP contribution in [0.15, 0.2) is 24.3 Å². The van der Waals surface area contributed by atoms with Crippen LogP contribution in [-0.2, 0) is 0 Å². The van der Waals surface area contributed by atoms with Gasteiger partial charge in [0.15, 0.2) is 0 Å². The van der Waals surface area contributed by atoms with Gasteiger partial charge in [0.05, 0.1) is 22.6 Å². The zero-order chi connectivity index (χ0) is 16.4. The maximum absolute atomic E-state index is 13.1. The van der Waals surface area contributed by atoms with Crippen molar-refractivity contribution in [2.24, 2.45) is 0 Å². The molecule has 1 amide bonds. The number of hydrogen-bond donors (Lipinski definition) is 2. The lowest BCUT2D eigenvalue weighted by Crippen LogP contribution is -2.43. The van der Waals surface area contributed by atoms with Gasteiger partial charge < -0.3 is 10.6 Å². The van der Waals surface area contributed by atoms with Crippen molar-refractivity contribution >= 4 is 5.91 Å². The van der Waals surface area contributed by atoms with Crippen molar-refractivity contribution in [1.29, 1.82) is 0 Å². The van der Waals surface area contributed by atoms with Gasteiger partial charge in [-0.05, 0) is 64.0 Å². The summed E-state index contributed by atoms with van der Waals surface area (Å²) in [7, 11) is 0. The molecule has 0 aliphatic carbocycles. The van der Waals surface area contributed by atoms with Crippen molar-refractivity contribution in [1.82, 2.24) is 20.4 Å². The highest BCUT2D eigenvalue weighted by Crippen LogP contribution is 2.19. The third-order valence-electron chi connectivity index (χ3n) is 4.26. The van der Waals surface area contributed by atoms with E-state index in [4.69, 9.17) is 0 Å². The van der Waals surface area contributed by atoms with Crippen LogP contribution in [0.5, 0.6) is 0 Å². The second-order valence-corrected chi connectivity index (χ2v) is 5.93. The van der Waals surface area contributed by atoms with Gasteiger partial charge in [0.25, 0.3) is 5.91 Å². The summed E-state index contributed by atoms with van der Waals surface area (Å²) >= 11 is 0. The highest BCUT2D eigenvalue weighted by atomic mass is 19.1. The van der Waals surface area contributed by atoms with Crippen molar-refractivity contribution in [3.8, 4) is 5.69 Å². The smallest absolute Gasteiger partial charge is 0.255 e. The van der Waals surface area contributed by atoms with Gasteiger partial charge in [-0.2, -0.15) is 5.10 Å². The third-order valence-corrected chi connectivity index (χ3v) is 4.26. The first-order valence-electron chi connectivity index (χ1n) is 7.90. The molecular weight excluding hydrogens is 295 g/mol. The van der Waals surface area contributed by atoms with Gasteiger partial charge >= 0.3 is 0 Å². The van der Waals surface area contributed by atoms with Gasteiger partial charge in [-0.15, -0.1) is 0 Å². The van der Waals surface area contributed by atoms with E-state index < -0.39 is 0 Å². The Morgan fingerprint density at radius 3 is 2.57 bits per heavy atom. The summed E-state index contributed by atoms with van der Waals surface area (Å²) in [5, 5.41) is 10.8. The highest BCUT2D eigenvalue weighted by molar-refractivity contribution is 5.96. The molecule has 0 unspecified atom stereocenters. The molecule has 2 heterocycles. The predicted octanol–water partition coefficient (Wildman–Crippen LogP) is 2.11. The lowest BCUT2D eigenvalue weighted by Gasteiger charge is -2.23. The lowest BCUT2D eigenvalue weighted by atomic mass is 10.1. The number of rotatable bonds is 3. The van der Waals surface area contributed by atoms with Gasteiger partial charge in [-0.1, -0.05) is 0 Å². The van der Waals surface area contributed by atoms with Crippen molar-refractivity contribution in [2.45, 2.75) is 32.7 Å². The molecule has 6 heteroatoms. The Bertz CT molecular complexity index is 702. The molecule has 2 aromatic rings. The molecule has 1 saturated heterocycles. The van der Waals surface area contributed by atoms with Gasteiger partial charge in [0.1, 0.15) is 5.82 Å². The van der Waals surface area contributed by atoms with E-state index in [-0.39, 0.29) is 17.8 Å². The van der Waals surface area contributed by atoms with Crippen LogP contribution in [-0.4, -0.2) is 34.8 Å². The second-order valence-electron chi connectivity index (χ2n) is 5.93. The van der Waals surface area contributed by atoms with E-state index in [1.54, 1.807) is 16.8 Å². The number of benzene rings is 1. The first-order chi connectivity index (χ1) is 11.1. The molecular formula is C17H21FN4O. The summed E-state index contributed by atoms with van der Waals surface area (Å²) in [6.07, 6.45) is 1.88. The molecule has 1 aromatic carbocycles. The third kappa shape index (κ3) is 3.27. The maximum Gasteiger partial charge on any atom is 0.255 e. The maximum atomic E-state index is 13.1. The van der Waals surface area contributed by atoms with Crippen LogP contribution in [0.4, 0.5) is 4.39 Å². The SMILES string of the molecule is Cc1nn(-c2ccc(F)cc2)c(C)c1C(=O)NC1CCNCC1. The number of carbonyl (C=O) groups is 1. The van der Waals surface area contributed by atoms with Gasteiger partial charge in [0, 0.05) is 6.04 Å². The van der Waals surface area contributed by atoms with E-state index in [1.807, 2.05) is 13.8 Å². The van der Waals surface area contributed by atoms with Crippen LogP contribution >= 0.6 is 0 Å². The fourth-order valence-electron chi connectivity index (χ4n) is 3.03. The number of halogens is 1. The second kappa shape index (κ2) is 6.50. The van der Waals surface area contributed by atoms with Crippen molar-refractivity contribution in [3.05, 3.63) is 47.0 Å². The van der Waals surface area contributed by atoms with Crippen LogP contribution in [0.25, 0.3) is 5.69 Å². The Kier molecular flexibility index (Phi) is 4.43. The average Bonchev–Trinajstić information content (AvgIpc) is 2.84. The molecule has 0 spiro atoms. The first kappa shape index (κ1) is 15.7. The van der Waals surface area contributed by atoms with E-state index in [2.05, 4.69) is 15.7 Å². The van der Waals surface area contributed by atoms with E-state index >= 15 is 0 Å². The Labute approximate surface area is 134 Å². The number of aromatic nitrogens is 2. The molecule has 23 heavy (non-hydrogen) atoms. The number of nitrogens with one attached hydrogen (secondary N) is 2. The first-order valence-corrected chi connectivity index (χ1v) is 7.90. The van der Waals surface area contributed by atoms with E-state index in [1.165, 1.54) is 12.1 Å². The van der Waals surface area contributed by atoms with Crippen molar-refractivity contribution < 1.29 is 9.18 Å². The van der Waals surface area contributed by atoms with E-state index in [0.717, 1.165) is 37.3 Å². The largest absolute Gasteiger partial charge is 0.349 e. The fourth-order valence-corrected chi connectivity index (χ4v) is 3.03. The monoisotopic (exact) mass is 316 g/mol.